The molecule has 0 bridgehead atoms. The molecule has 2 N–H and O–H groups in total. The molecule has 1 rings (SSSR count). The highest BCUT2D eigenvalue weighted by Gasteiger charge is 2.19. The molecule has 0 fully saturated rings. The Balaban J connectivity index is 2.37. The molecule has 1 unspecified atom stereocenters. The molecule has 1 aromatic heterocycles. The van der Waals surface area contributed by atoms with E-state index in [4.69, 9.17) is 14.9 Å². The Morgan fingerprint density at radius 3 is 2.79 bits per heavy atom. The Labute approximate surface area is 118 Å². The van der Waals surface area contributed by atoms with Gasteiger partial charge in [0.05, 0.1) is 18.6 Å². The minimum absolute atomic E-state index is 0.0444. The molecule has 1 aromatic rings. The van der Waals surface area contributed by atoms with Crippen LogP contribution in [0.25, 0.3) is 0 Å². The summed E-state index contributed by atoms with van der Waals surface area (Å²) in [5.74, 6) is 2.25. The van der Waals surface area contributed by atoms with Crippen molar-refractivity contribution in [1.82, 2.24) is 4.98 Å². The van der Waals surface area contributed by atoms with Gasteiger partial charge in [-0.15, -0.1) is 11.8 Å². The average Bonchev–Trinajstić information content (AvgIpc) is 2.77. The maximum atomic E-state index is 11.3. The van der Waals surface area contributed by atoms with E-state index in [1.54, 1.807) is 13.1 Å². The first-order valence-electron chi connectivity index (χ1n) is 6.29. The average molecular weight is 286 g/mol. The van der Waals surface area contributed by atoms with E-state index in [0.29, 0.717) is 24.0 Å². The maximum Gasteiger partial charge on any atom is 0.323 e. The van der Waals surface area contributed by atoms with Crippen molar-refractivity contribution in [1.29, 1.82) is 0 Å². The molecule has 19 heavy (non-hydrogen) atoms. The van der Waals surface area contributed by atoms with Gasteiger partial charge in [-0.1, -0.05) is 20.8 Å². The maximum absolute atomic E-state index is 11.3. The van der Waals surface area contributed by atoms with Crippen LogP contribution >= 0.6 is 11.8 Å². The Hall–Kier alpha value is -1.01. The number of oxazole rings is 1. The van der Waals surface area contributed by atoms with E-state index in [9.17, 15) is 4.79 Å². The molecule has 0 aliphatic rings. The van der Waals surface area contributed by atoms with Crippen LogP contribution < -0.4 is 5.73 Å². The zero-order chi connectivity index (χ0) is 14.5. The predicted octanol–water partition coefficient (Wildman–Crippen LogP) is 2.10. The monoisotopic (exact) mass is 286 g/mol. The van der Waals surface area contributed by atoms with E-state index < -0.39 is 6.04 Å². The quantitative estimate of drug-likeness (QED) is 0.807. The molecule has 0 saturated carbocycles. The fourth-order valence-electron chi connectivity index (χ4n) is 1.31. The van der Waals surface area contributed by atoms with Crippen LogP contribution in [0.3, 0.4) is 0 Å². The van der Waals surface area contributed by atoms with Crippen molar-refractivity contribution in [3.8, 4) is 0 Å². The number of hydrogen-bond donors (Lipinski definition) is 1. The molecule has 0 amide bonds. The largest absolute Gasteiger partial charge is 0.465 e. The molecular formula is C13H22N2O3S. The zero-order valence-corrected chi connectivity index (χ0v) is 12.8. The fraction of sp³-hybridized carbons (Fsp3) is 0.692. The lowest BCUT2D eigenvalue weighted by molar-refractivity contribution is -0.144. The number of carbonyl (C=O) groups is 1. The van der Waals surface area contributed by atoms with Gasteiger partial charge in [-0.05, 0) is 6.92 Å². The predicted molar refractivity (Wildman–Crippen MR) is 76.0 cm³/mol. The van der Waals surface area contributed by atoms with Crippen LogP contribution in [0, 0.1) is 0 Å². The highest BCUT2D eigenvalue weighted by atomic mass is 32.2. The molecule has 0 aliphatic heterocycles. The van der Waals surface area contributed by atoms with Gasteiger partial charge in [0.15, 0.2) is 0 Å². The number of aromatic nitrogens is 1. The SMILES string of the molecule is CCOC(=O)C(N)CSCc1ncc(C(C)(C)C)o1. The Morgan fingerprint density at radius 1 is 1.58 bits per heavy atom. The Morgan fingerprint density at radius 2 is 2.26 bits per heavy atom. The van der Waals surface area contributed by atoms with E-state index in [-0.39, 0.29) is 11.4 Å². The lowest BCUT2D eigenvalue weighted by atomic mass is 9.94. The number of hydrogen-bond acceptors (Lipinski definition) is 6. The minimum atomic E-state index is -0.595. The second kappa shape index (κ2) is 6.96. The number of thioether (sulfide) groups is 1. The van der Waals surface area contributed by atoms with Crippen LogP contribution in [-0.2, 0) is 20.7 Å². The number of ether oxygens (including phenoxy) is 1. The standard InChI is InChI=1S/C13H22N2O3S/c1-5-17-12(16)9(14)7-19-8-11-15-6-10(18-11)13(2,3)4/h6,9H,5,7-8,14H2,1-4H3. The summed E-state index contributed by atoms with van der Waals surface area (Å²) < 4.78 is 10.5. The third kappa shape index (κ3) is 5.24. The zero-order valence-electron chi connectivity index (χ0n) is 11.9. The second-order valence-electron chi connectivity index (χ2n) is 5.24. The third-order valence-electron chi connectivity index (χ3n) is 2.41. The molecule has 1 heterocycles. The molecule has 0 radical (unpaired) electrons. The van der Waals surface area contributed by atoms with Crippen molar-refractivity contribution in [2.75, 3.05) is 12.4 Å². The molecular weight excluding hydrogens is 264 g/mol. The van der Waals surface area contributed by atoms with Crippen molar-refractivity contribution < 1.29 is 13.9 Å². The first kappa shape index (κ1) is 16.0. The normalized spacial score (nSPS) is 13.3. The molecule has 0 aromatic carbocycles. The summed E-state index contributed by atoms with van der Waals surface area (Å²) in [6.07, 6.45) is 1.75. The van der Waals surface area contributed by atoms with Gasteiger partial charge in [-0.25, -0.2) is 4.98 Å². The summed E-state index contributed by atoms with van der Waals surface area (Å²) in [6.45, 7) is 8.33. The number of rotatable bonds is 6. The van der Waals surface area contributed by atoms with Crippen molar-refractivity contribution in [2.45, 2.75) is 44.9 Å². The first-order chi connectivity index (χ1) is 8.84. The minimum Gasteiger partial charge on any atom is -0.465 e. The van der Waals surface area contributed by atoms with Crippen molar-refractivity contribution in [3.63, 3.8) is 0 Å². The third-order valence-corrected chi connectivity index (χ3v) is 3.45. The van der Waals surface area contributed by atoms with E-state index >= 15 is 0 Å². The van der Waals surface area contributed by atoms with E-state index in [1.807, 2.05) is 0 Å². The van der Waals surface area contributed by atoms with E-state index in [0.717, 1.165) is 5.76 Å². The van der Waals surface area contributed by atoms with Gasteiger partial charge in [0.2, 0.25) is 5.89 Å². The van der Waals surface area contributed by atoms with E-state index in [2.05, 4.69) is 25.8 Å². The van der Waals surface area contributed by atoms with Gasteiger partial charge in [-0.2, -0.15) is 0 Å². The van der Waals surface area contributed by atoms with Crippen LogP contribution in [0.15, 0.2) is 10.6 Å². The number of nitrogens with two attached hydrogens (primary N) is 1. The fourth-order valence-corrected chi connectivity index (χ4v) is 2.13. The number of esters is 1. The molecule has 1 atom stereocenters. The Bertz CT molecular complexity index is 412. The first-order valence-corrected chi connectivity index (χ1v) is 7.45. The smallest absolute Gasteiger partial charge is 0.323 e. The molecule has 0 spiro atoms. The van der Waals surface area contributed by atoms with Crippen molar-refractivity contribution >= 4 is 17.7 Å². The molecule has 108 valence electrons. The lowest BCUT2D eigenvalue weighted by Crippen LogP contribution is -2.34. The highest BCUT2D eigenvalue weighted by molar-refractivity contribution is 7.98. The molecule has 6 heteroatoms. The van der Waals surface area contributed by atoms with Crippen LogP contribution in [0.4, 0.5) is 0 Å². The van der Waals surface area contributed by atoms with Crippen LogP contribution in [-0.4, -0.2) is 29.4 Å². The molecule has 5 nitrogen and oxygen atoms in total. The topological polar surface area (TPSA) is 78.4 Å². The van der Waals surface area contributed by atoms with Crippen molar-refractivity contribution in [3.05, 3.63) is 17.8 Å². The van der Waals surface area contributed by atoms with Crippen LogP contribution in [0.5, 0.6) is 0 Å². The lowest BCUT2D eigenvalue weighted by Gasteiger charge is -2.13. The summed E-state index contributed by atoms with van der Waals surface area (Å²) in [5.41, 5.74) is 5.65. The van der Waals surface area contributed by atoms with Gasteiger partial charge in [0, 0.05) is 11.2 Å². The van der Waals surface area contributed by atoms with Crippen LogP contribution in [0.2, 0.25) is 0 Å². The van der Waals surface area contributed by atoms with E-state index in [1.165, 1.54) is 11.8 Å². The van der Waals surface area contributed by atoms with Gasteiger partial charge in [0.25, 0.3) is 0 Å². The number of carbonyl (C=O) groups excluding carboxylic acids is 1. The summed E-state index contributed by atoms with van der Waals surface area (Å²) >= 11 is 1.51. The summed E-state index contributed by atoms with van der Waals surface area (Å²) in [4.78, 5) is 15.5. The number of nitrogens with zero attached hydrogens (tertiary/aromatic N) is 1. The summed E-state index contributed by atoms with van der Waals surface area (Å²) in [6, 6.07) is -0.595. The van der Waals surface area contributed by atoms with Gasteiger partial charge < -0.3 is 14.9 Å². The molecule has 0 saturated heterocycles. The van der Waals surface area contributed by atoms with Crippen LogP contribution in [0.1, 0.15) is 39.3 Å². The second-order valence-corrected chi connectivity index (χ2v) is 6.27. The molecule has 0 aliphatic carbocycles. The summed E-state index contributed by atoms with van der Waals surface area (Å²) in [5, 5.41) is 0. The highest BCUT2D eigenvalue weighted by Crippen LogP contribution is 2.24. The summed E-state index contributed by atoms with van der Waals surface area (Å²) in [7, 11) is 0. The van der Waals surface area contributed by atoms with Gasteiger partial charge in [0.1, 0.15) is 11.8 Å². The van der Waals surface area contributed by atoms with Crippen molar-refractivity contribution in [2.24, 2.45) is 5.73 Å². The Kier molecular flexibility index (Phi) is 5.87. The van der Waals surface area contributed by atoms with Gasteiger partial charge >= 0.3 is 5.97 Å². The van der Waals surface area contributed by atoms with Gasteiger partial charge in [-0.3, -0.25) is 4.79 Å².